The van der Waals surface area contributed by atoms with Crippen LogP contribution in [0.4, 0.5) is 4.79 Å². The quantitative estimate of drug-likeness (QED) is 0.414. The van der Waals surface area contributed by atoms with Gasteiger partial charge in [0.05, 0.1) is 18.2 Å². The lowest BCUT2D eigenvalue weighted by atomic mass is 9.95. The normalized spacial score (nSPS) is 15.8. The summed E-state index contributed by atoms with van der Waals surface area (Å²) in [4.78, 5) is 25.1. The van der Waals surface area contributed by atoms with Crippen molar-refractivity contribution in [1.82, 2.24) is 20.8 Å². The van der Waals surface area contributed by atoms with Crippen molar-refractivity contribution >= 4 is 23.8 Å². The summed E-state index contributed by atoms with van der Waals surface area (Å²) in [5, 5.41) is 14.1. The van der Waals surface area contributed by atoms with Crippen molar-refractivity contribution in [1.29, 1.82) is 0 Å². The first-order valence-corrected chi connectivity index (χ1v) is 11.1. The van der Waals surface area contributed by atoms with Crippen LogP contribution in [-0.2, 0) is 9.53 Å². The highest BCUT2D eigenvalue weighted by molar-refractivity contribution is 7.99. The fraction of sp³-hybridized carbons (Fsp3) is 0.217. The number of urea groups is 1. The first kappa shape index (κ1) is 21.6. The van der Waals surface area contributed by atoms with Gasteiger partial charge < -0.3 is 19.8 Å². The third kappa shape index (κ3) is 4.83. The molecule has 1 aliphatic rings. The predicted octanol–water partition coefficient (Wildman–Crippen LogP) is 4.01. The maximum Gasteiger partial charge on any atom is 0.338 e. The van der Waals surface area contributed by atoms with Crippen molar-refractivity contribution < 1.29 is 18.7 Å². The largest absolute Gasteiger partial charge is 0.463 e. The summed E-state index contributed by atoms with van der Waals surface area (Å²) < 4.78 is 11.0. The molecular weight excluding hydrogens is 428 g/mol. The Bertz CT molecular complexity index is 1140. The maximum absolute atomic E-state index is 12.8. The molecule has 0 aliphatic carbocycles. The van der Waals surface area contributed by atoms with E-state index >= 15 is 0 Å². The van der Waals surface area contributed by atoms with Crippen LogP contribution in [0.1, 0.15) is 24.1 Å². The van der Waals surface area contributed by atoms with Gasteiger partial charge in [-0.25, -0.2) is 9.59 Å². The van der Waals surface area contributed by atoms with Gasteiger partial charge in [-0.2, -0.15) is 0 Å². The number of hydrogen-bond acceptors (Lipinski definition) is 7. The molecule has 2 heterocycles. The first-order chi connectivity index (χ1) is 15.5. The van der Waals surface area contributed by atoms with E-state index in [0.717, 1.165) is 16.7 Å². The van der Waals surface area contributed by atoms with Gasteiger partial charge in [0, 0.05) is 17.0 Å². The second-order valence-electron chi connectivity index (χ2n) is 7.08. The van der Waals surface area contributed by atoms with Crippen LogP contribution in [0.2, 0.25) is 0 Å². The van der Waals surface area contributed by atoms with Gasteiger partial charge in [0.2, 0.25) is 5.89 Å². The van der Waals surface area contributed by atoms with Crippen LogP contribution in [0.3, 0.4) is 0 Å². The number of aryl methyl sites for hydroxylation is 1. The van der Waals surface area contributed by atoms with E-state index in [1.807, 2.05) is 61.5 Å². The van der Waals surface area contributed by atoms with E-state index in [0.29, 0.717) is 22.4 Å². The summed E-state index contributed by atoms with van der Waals surface area (Å²) in [6.45, 7) is 3.97. The second kappa shape index (κ2) is 9.69. The number of carbonyl (C=O) groups excluding carboxylic acids is 2. The van der Waals surface area contributed by atoms with E-state index in [1.54, 1.807) is 6.92 Å². The molecule has 0 saturated carbocycles. The van der Waals surface area contributed by atoms with Crippen molar-refractivity contribution in [2.75, 3.05) is 12.4 Å². The molecule has 1 atom stereocenters. The number of nitrogens with zero attached hydrogens (tertiary/aromatic N) is 2. The highest BCUT2D eigenvalue weighted by Gasteiger charge is 2.33. The molecule has 8 nitrogen and oxygen atoms in total. The highest BCUT2D eigenvalue weighted by atomic mass is 32.2. The molecule has 1 unspecified atom stereocenters. The van der Waals surface area contributed by atoms with Crippen molar-refractivity contribution in [2.24, 2.45) is 0 Å². The Kier molecular flexibility index (Phi) is 6.55. The predicted molar refractivity (Wildman–Crippen MR) is 120 cm³/mol. The summed E-state index contributed by atoms with van der Waals surface area (Å²) in [5.41, 5.74) is 3.54. The molecule has 2 aromatic carbocycles. The third-order valence-corrected chi connectivity index (χ3v) is 5.67. The molecule has 0 bridgehead atoms. The summed E-state index contributed by atoms with van der Waals surface area (Å²) in [5.74, 6) is 0.166. The Morgan fingerprint density at radius 1 is 1.12 bits per heavy atom. The molecule has 4 rings (SSSR count). The van der Waals surface area contributed by atoms with Crippen LogP contribution in [-0.4, -0.2) is 34.6 Å². The van der Waals surface area contributed by atoms with Crippen LogP contribution < -0.4 is 10.6 Å². The molecule has 9 heteroatoms. The van der Waals surface area contributed by atoms with Crippen LogP contribution >= 0.6 is 11.8 Å². The first-order valence-electron chi connectivity index (χ1n) is 10.1. The second-order valence-corrected chi connectivity index (χ2v) is 8.01. The smallest absolute Gasteiger partial charge is 0.338 e. The molecular formula is C23H22N4O4S. The van der Waals surface area contributed by atoms with E-state index in [2.05, 4.69) is 20.8 Å². The zero-order valence-electron chi connectivity index (χ0n) is 17.6. The van der Waals surface area contributed by atoms with Crippen LogP contribution in [0.5, 0.6) is 0 Å². The third-order valence-electron chi connectivity index (χ3n) is 4.83. The number of esters is 1. The van der Waals surface area contributed by atoms with Crippen molar-refractivity contribution in [3.63, 3.8) is 0 Å². The molecule has 1 aromatic heterocycles. The Morgan fingerprint density at radius 3 is 2.59 bits per heavy atom. The van der Waals surface area contributed by atoms with Crippen LogP contribution in [0.25, 0.3) is 11.5 Å². The lowest BCUT2D eigenvalue weighted by Gasteiger charge is -2.29. The zero-order chi connectivity index (χ0) is 22.5. The molecule has 0 radical (unpaired) electrons. The number of rotatable bonds is 7. The van der Waals surface area contributed by atoms with Crippen molar-refractivity contribution in [3.05, 3.63) is 77.0 Å². The Hall–Kier alpha value is -3.59. The fourth-order valence-electron chi connectivity index (χ4n) is 3.29. The maximum atomic E-state index is 12.8. The minimum atomic E-state index is -0.620. The van der Waals surface area contributed by atoms with Crippen molar-refractivity contribution in [2.45, 2.75) is 25.1 Å². The van der Waals surface area contributed by atoms with Gasteiger partial charge in [-0.05, 0) is 31.5 Å². The van der Waals surface area contributed by atoms with Gasteiger partial charge in [0.25, 0.3) is 5.22 Å². The number of carbonyl (C=O) groups is 2. The SMILES string of the molecule is CCOC(=O)C1=C(CSc2nnc(-c3ccc(C)cc3)o2)NC(=O)NC1c1ccccc1. The molecule has 2 amide bonds. The molecule has 3 aromatic rings. The molecule has 164 valence electrons. The van der Waals surface area contributed by atoms with E-state index < -0.39 is 18.0 Å². The molecule has 1 aliphatic heterocycles. The number of hydrogen-bond donors (Lipinski definition) is 2. The van der Waals surface area contributed by atoms with E-state index in [4.69, 9.17) is 9.15 Å². The Balaban J connectivity index is 1.59. The Morgan fingerprint density at radius 2 is 1.88 bits per heavy atom. The average Bonchev–Trinajstić information content (AvgIpc) is 3.27. The number of aromatic nitrogens is 2. The van der Waals surface area contributed by atoms with Gasteiger partial charge >= 0.3 is 12.0 Å². The number of benzene rings is 2. The molecule has 0 spiro atoms. The number of thioether (sulfide) groups is 1. The van der Waals surface area contributed by atoms with Crippen molar-refractivity contribution in [3.8, 4) is 11.5 Å². The van der Waals surface area contributed by atoms with Crippen LogP contribution in [0.15, 0.2) is 75.5 Å². The summed E-state index contributed by atoms with van der Waals surface area (Å²) in [6, 6.07) is 16.0. The molecule has 0 saturated heterocycles. The van der Waals surface area contributed by atoms with E-state index in [1.165, 1.54) is 11.8 Å². The topological polar surface area (TPSA) is 106 Å². The van der Waals surface area contributed by atoms with Crippen LogP contribution in [0, 0.1) is 6.92 Å². The summed E-state index contributed by atoms with van der Waals surface area (Å²) in [7, 11) is 0. The van der Waals surface area contributed by atoms with E-state index in [-0.39, 0.29) is 12.4 Å². The Labute approximate surface area is 189 Å². The van der Waals surface area contributed by atoms with Gasteiger partial charge in [0.15, 0.2) is 0 Å². The summed E-state index contributed by atoms with van der Waals surface area (Å²) in [6.07, 6.45) is 0. The number of nitrogens with one attached hydrogen (secondary N) is 2. The summed E-state index contributed by atoms with van der Waals surface area (Å²) >= 11 is 1.24. The minimum absolute atomic E-state index is 0.224. The van der Waals surface area contributed by atoms with Gasteiger partial charge in [0.1, 0.15) is 0 Å². The number of amides is 2. The molecule has 2 N–H and O–H groups in total. The lowest BCUT2D eigenvalue weighted by Crippen LogP contribution is -2.46. The fourth-order valence-corrected chi connectivity index (χ4v) is 4.02. The highest BCUT2D eigenvalue weighted by Crippen LogP contribution is 2.31. The molecule has 0 fully saturated rings. The van der Waals surface area contributed by atoms with Gasteiger partial charge in [-0.15, -0.1) is 10.2 Å². The zero-order valence-corrected chi connectivity index (χ0v) is 18.4. The monoisotopic (exact) mass is 450 g/mol. The lowest BCUT2D eigenvalue weighted by molar-refractivity contribution is -0.139. The molecule has 32 heavy (non-hydrogen) atoms. The average molecular weight is 451 g/mol. The minimum Gasteiger partial charge on any atom is -0.463 e. The van der Waals surface area contributed by atoms with Gasteiger partial charge in [-0.3, -0.25) is 0 Å². The van der Waals surface area contributed by atoms with E-state index in [9.17, 15) is 9.59 Å². The van der Waals surface area contributed by atoms with Gasteiger partial charge in [-0.1, -0.05) is 59.8 Å². The number of ether oxygens (including phenoxy) is 1. The standard InChI is InChI=1S/C23H22N4O4S/c1-3-30-21(28)18-17(24-22(29)25-19(18)15-7-5-4-6-8-15)13-32-23-27-26-20(31-23)16-11-9-14(2)10-12-16/h4-12,19H,3,13H2,1-2H3,(H2,24,25,29).